The Hall–Kier alpha value is -2.64. The van der Waals surface area contributed by atoms with Crippen LogP contribution in [0.4, 0.5) is 0 Å². The summed E-state index contributed by atoms with van der Waals surface area (Å²) in [6, 6.07) is 9.33. The summed E-state index contributed by atoms with van der Waals surface area (Å²) >= 11 is 0. The van der Waals surface area contributed by atoms with Gasteiger partial charge < -0.3 is 19.9 Å². The Labute approximate surface area is 189 Å². The van der Waals surface area contributed by atoms with Crippen LogP contribution in [0.25, 0.3) is 0 Å². The number of aromatic nitrogens is 1. The Bertz CT molecular complexity index is 935. The molecular formula is C25H33N3O4. The highest BCUT2D eigenvalue weighted by atomic mass is 16.5. The smallest absolute Gasteiger partial charge is 0.253 e. The topological polar surface area (TPSA) is 83.9 Å². The van der Waals surface area contributed by atoms with Gasteiger partial charge in [-0.3, -0.25) is 14.7 Å². The minimum atomic E-state index is -0.0541. The molecule has 0 aliphatic carbocycles. The Balaban J connectivity index is 1.38. The number of nitrogens with zero attached hydrogens (tertiary/aromatic N) is 2. The maximum absolute atomic E-state index is 12.9. The lowest BCUT2D eigenvalue weighted by Gasteiger charge is -2.32. The first-order valence-electron chi connectivity index (χ1n) is 11.5. The molecule has 3 heterocycles. The monoisotopic (exact) mass is 439 g/mol. The first kappa shape index (κ1) is 22.6. The summed E-state index contributed by atoms with van der Waals surface area (Å²) in [6.07, 6.45) is 4.11. The van der Waals surface area contributed by atoms with E-state index in [0.29, 0.717) is 17.9 Å². The van der Waals surface area contributed by atoms with E-state index >= 15 is 0 Å². The average Bonchev–Trinajstić information content (AvgIpc) is 3.33. The number of benzene rings is 1. The fourth-order valence-electron chi connectivity index (χ4n) is 4.63. The summed E-state index contributed by atoms with van der Waals surface area (Å²) in [5.41, 5.74) is 3.66. The van der Waals surface area contributed by atoms with Crippen LogP contribution in [0.15, 0.2) is 30.3 Å². The Kier molecular flexibility index (Phi) is 7.27. The van der Waals surface area contributed by atoms with Gasteiger partial charge in [0.15, 0.2) is 11.5 Å². The molecule has 1 aromatic carbocycles. The number of aromatic hydroxyl groups is 1. The van der Waals surface area contributed by atoms with E-state index in [-0.39, 0.29) is 23.7 Å². The molecule has 7 heteroatoms. The number of likely N-dealkylation sites (tertiary alicyclic amines) is 1. The standard InChI is InChI=1S/C25H33N3O4/c1-17-5-7-21(25(30)26-15-20-4-3-13-32-20)24(27-17)19-9-11-28(12-10-19)16-18-6-8-22(29)23(14-18)31-2/h5-8,14,19-20,29H,3-4,9-13,15-16H2,1-2H3,(H,26,30)/t20-/m0/s1. The summed E-state index contributed by atoms with van der Waals surface area (Å²) in [4.78, 5) is 20.1. The molecule has 2 aliphatic rings. The van der Waals surface area contributed by atoms with Gasteiger partial charge >= 0.3 is 0 Å². The summed E-state index contributed by atoms with van der Waals surface area (Å²) in [5, 5.41) is 12.9. The lowest BCUT2D eigenvalue weighted by Crippen LogP contribution is -2.35. The summed E-state index contributed by atoms with van der Waals surface area (Å²) < 4.78 is 10.9. The second-order valence-corrected chi connectivity index (χ2v) is 8.79. The number of pyridine rings is 1. The number of hydrogen-bond acceptors (Lipinski definition) is 6. The minimum absolute atomic E-state index is 0.0541. The number of methoxy groups -OCH3 is 1. The van der Waals surface area contributed by atoms with E-state index in [4.69, 9.17) is 14.5 Å². The quantitative estimate of drug-likeness (QED) is 0.688. The SMILES string of the molecule is COc1cc(CN2CCC(c3nc(C)ccc3C(=O)NC[C@@H]3CCCO3)CC2)ccc1O. The van der Waals surface area contributed by atoms with Crippen molar-refractivity contribution < 1.29 is 19.4 Å². The Morgan fingerprint density at radius 3 is 2.78 bits per heavy atom. The molecule has 172 valence electrons. The van der Waals surface area contributed by atoms with Crippen LogP contribution in [0.2, 0.25) is 0 Å². The van der Waals surface area contributed by atoms with Crippen LogP contribution < -0.4 is 10.1 Å². The first-order chi connectivity index (χ1) is 15.5. The van der Waals surface area contributed by atoms with Gasteiger partial charge in [-0.25, -0.2) is 0 Å². The fraction of sp³-hybridized carbons (Fsp3) is 0.520. The third-order valence-corrected chi connectivity index (χ3v) is 6.45. The van der Waals surface area contributed by atoms with Crippen LogP contribution in [-0.2, 0) is 11.3 Å². The highest BCUT2D eigenvalue weighted by Gasteiger charge is 2.27. The molecule has 2 aliphatic heterocycles. The van der Waals surface area contributed by atoms with Gasteiger partial charge in [-0.2, -0.15) is 0 Å². The highest BCUT2D eigenvalue weighted by Crippen LogP contribution is 2.31. The fourth-order valence-corrected chi connectivity index (χ4v) is 4.63. The van der Waals surface area contributed by atoms with E-state index in [1.165, 1.54) is 0 Å². The van der Waals surface area contributed by atoms with Gasteiger partial charge in [0.1, 0.15) is 0 Å². The normalized spacial score (nSPS) is 19.8. The van der Waals surface area contributed by atoms with Crippen molar-refractivity contribution in [1.82, 2.24) is 15.2 Å². The van der Waals surface area contributed by atoms with Crippen LogP contribution in [0.3, 0.4) is 0 Å². The number of amides is 1. The number of phenolic OH excluding ortho intramolecular Hbond substituents is 1. The van der Waals surface area contributed by atoms with Gasteiger partial charge in [0, 0.05) is 31.3 Å². The molecule has 1 aromatic heterocycles. The van der Waals surface area contributed by atoms with Gasteiger partial charge in [0.2, 0.25) is 0 Å². The number of carbonyl (C=O) groups excluding carboxylic acids is 1. The van der Waals surface area contributed by atoms with Gasteiger partial charge in [-0.05, 0) is 75.5 Å². The van der Waals surface area contributed by atoms with Gasteiger partial charge in [-0.15, -0.1) is 0 Å². The second kappa shape index (κ2) is 10.3. The van der Waals surface area contributed by atoms with Gasteiger partial charge in [0.25, 0.3) is 5.91 Å². The highest BCUT2D eigenvalue weighted by molar-refractivity contribution is 5.95. The third kappa shape index (κ3) is 5.40. The first-order valence-corrected chi connectivity index (χ1v) is 11.5. The molecule has 2 saturated heterocycles. The van der Waals surface area contributed by atoms with Crippen LogP contribution in [0.5, 0.6) is 11.5 Å². The number of nitrogens with one attached hydrogen (secondary N) is 1. The van der Waals surface area contributed by atoms with Crippen molar-refractivity contribution in [3.63, 3.8) is 0 Å². The second-order valence-electron chi connectivity index (χ2n) is 8.79. The largest absolute Gasteiger partial charge is 0.504 e. The third-order valence-electron chi connectivity index (χ3n) is 6.45. The molecule has 4 rings (SSSR count). The molecule has 0 bridgehead atoms. The van der Waals surface area contributed by atoms with E-state index in [1.807, 2.05) is 31.2 Å². The van der Waals surface area contributed by atoms with Crippen molar-refractivity contribution in [2.75, 3.05) is 33.4 Å². The zero-order valence-corrected chi connectivity index (χ0v) is 19.0. The van der Waals surface area contributed by atoms with E-state index in [9.17, 15) is 9.90 Å². The number of aryl methyl sites for hydroxylation is 1. The van der Waals surface area contributed by atoms with Crippen LogP contribution >= 0.6 is 0 Å². The van der Waals surface area contributed by atoms with E-state index in [0.717, 1.165) is 68.9 Å². The number of piperidine rings is 1. The molecule has 0 spiro atoms. The molecule has 32 heavy (non-hydrogen) atoms. The minimum Gasteiger partial charge on any atom is -0.504 e. The lowest BCUT2D eigenvalue weighted by molar-refractivity contribution is 0.0855. The van der Waals surface area contributed by atoms with Crippen molar-refractivity contribution in [2.24, 2.45) is 0 Å². The molecule has 0 unspecified atom stereocenters. The van der Waals surface area contributed by atoms with Crippen molar-refractivity contribution in [2.45, 2.75) is 51.2 Å². The van der Waals surface area contributed by atoms with Gasteiger partial charge in [0.05, 0.1) is 24.5 Å². The predicted molar refractivity (Wildman–Crippen MR) is 122 cm³/mol. The predicted octanol–water partition coefficient (Wildman–Crippen LogP) is 3.39. The van der Waals surface area contributed by atoms with Crippen LogP contribution in [0, 0.1) is 6.92 Å². The number of phenols is 1. The zero-order valence-electron chi connectivity index (χ0n) is 19.0. The zero-order chi connectivity index (χ0) is 22.5. The molecule has 2 fully saturated rings. The van der Waals surface area contributed by atoms with Crippen molar-refractivity contribution in [1.29, 1.82) is 0 Å². The molecule has 0 radical (unpaired) electrons. The molecule has 7 nitrogen and oxygen atoms in total. The average molecular weight is 440 g/mol. The molecule has 0 saturated carbocycles. The van der Waals surface area contributed by atoms with Crippen molar-refractivity contribution in [3.05, 3.63) is 52.8 Å². The molecule has 2 aromatic rings. The maximum atomic E-state index is 12.9. The van der Waals surface area contributed by atoms with Crippen LogP contribution in [0.1, 0.15) is 58.9 Å². The molecular weight excluding hydrogens is 406 g/mol. The number of hydrogen-bond donors (Lipinski definition) is 2. The summed E-state index contributed by atoms with van der Waals surface area (Å²) in [5.74, 6) is 0.872. The molecule has 1 atom stereocenters. The van der Waals surface area contributed by atoms with Crippen molar-refractivity contribution in [3.8, 4) is 11.5 Å². The van der Waals surface area contributed by atoms with E-state index < -0.39 is 0 Å². The van der Waals surface area contributed by atoms with Crippen molar-refractivity contribution >= 4 is 5.91 Å². The number of rotatable bonds is 7. The number of ether oxygens (including phenoxy) is 2. The van der Waals surface area contributed by atoms with E-state index in [1.54, 1.807) is 13.2 Å². The lowest BCUT2D eigenvalue weighted by atomic mass is 9.89. The van der Waals surface area contributed by atoms with E-state index in [2.05, 4.69) is 10.2 Å². The molecule has 2 N–H and O–H groups in total. The summed E-state index contributed by atoms with van der Waals surface area (Å²) in [7, 11) is 1.56. The maximum Gasteiger partial charge on any atom is 0.253 e. The molecule has 1 amide bonds. The van der Waals surface area contributed by atoms with Crippen LogP contribution in [-0.4, -0.2) is 60.4 Å². The Morgan fingerprint density at radius 2 is 2.06 bits per heavy atom. The summed E-state index contributed by atoms with van der Waals surface area (Å²) in [6.45, 7) is 5.99. The van der Waals surface area contributed by atoms with Gasteiger partial charge in [-0.1, -0.05) is 6.07 Å². The Morgan fingerprint density at radius 1 is 1.25 bits per heavy atom. The number of carbonyl (C=O) groups is 1.